The van der Waals surface area contributed by atoms with Gasteiger partial charge < -0.3 is 10.1 Å². The molecule has 3 aromatic rings. The van der Waals surface area contributed by atoms with E-state index in [1.807, 2.05) is 24.4 Å². The summed E-state index contributed by atoms with van der Waals surface area (Å²) in [7, 11) is 0. The van der Waals surface area contributed by atoms with E-state index in [0.29, 0.717) is 0 Å². The number of aliphatic hydroxyl groups excluding tert-OH is 1. The van der Waals surface area contributed by atoms with Crippen molar-refractivity contribution in [3.8, 4) is 10.6 Å². The third-order valence-electron chi connectivity index (χ3n) is 3.20. The van der Waals surface area contributed by atoms with Crippen molar-refractivity contribution >= 4 is 27.2 Å². The van der Waals surface area contributed by atoms with E-state index >= 15 is 0 Å². The number of ketones is 1. The summed E-state index contributed by atoms with van der Waals surface area (Å²) in [5, 5.41) is 9.52. The van der Waals surface area contributed by atoms with E-state index in [1.54, 1.807) is 11.3 Å². The Hall–Kier alpha value is -2.07. The predicted octanol–water partition coefficient (Wildman–Crippen LogP) is 5.53. The molecule has 1 N–H and O–H groups in total. The Bertz CT molecular complexity index is 878. The van der Waals surface area contributed by atoms with Crippen LogP contribution in [0.4, 0.5) is 0 Å². The molecule has 0 unspecified atom stereocenters. The van der Waals surface area contributed by atoms with Crippen LogP contribution in [0.2, 0.25) is 0 Å². The number of aromatic nitrogens is 1. The summed E-state index contributed by atoms with van der Waals surface area (Å²) >= 11 is 1.73. The molecule has 5 heteroatoms. The molecular weight excluding hydrogens is 523 g/mol. The largest absolute Gasteiger partial charge is 0.512 e. The van der Waals surface area contributed by atoms with Crippen LogP contribution in [0.15, 0.2) is 67.1 Å². The van der Waals surface area contributed by atoms with Crippen molar-refractivity contribution in [3.05, 3.63) is 78.7 Å². The normalized spacial score (nSPS) is 10.5. The first kappa shape index (κ1) is 22.0. The first-order valence-electron chi connectivity index (χ1n) is 7.84. The van der Waals surface area contributed by atoms with Crippen molar-refractivity contribution in [2.45, 2.75) is 20.3 Å². The molecule has 2 heterocycles. The van der Waals surface area contributed by atoms with Gasteiger partial charge in [-0.1, -0.05) is 24.3 Å². The molecule has 0 spiro atoms. The molecule has 0 saturated heterocycles. The molecule has 3 rings (SSSR count). The molecule has 0 bridgehead atoms. The van der Waals surface area contributed by atoms with E-state index in [1.165, 1.54) is 30.2 Å². The zero-order valence-electron chi connectivity index (χ0n) is 14.7. The molecule has 26 heavy (non-hydrogen) atoms. The summed E-state index contributed by atoms with van der Waals surface area (Å²) in [5.74, 6) is -0.0625. The van der Waals surface area contributed by atoms with Crippen LogP contribution in [-0.4, -0.2) is 15.9 Å². The number of hydrogen-bond acceptors (Lipinski definition) is 4. The van der Waals surface area contributed by atoms with Crippen LogP contribution in [0, 0.1) is 6.07 Å². The summed E-state index contributed by atoms with van der Waals surface area (Å²) < 4.78 is 1.25. The number of pyridine rings is 1. The molecule has 1 aromatic carbocycles. The molecule has 137 valence electrons. The van der Waals surface area contributed by atoms with E-state index in [-0.39, 0.29) is 31.6 Å². The van der Waals surface area contributed by atoms with Gasteiger partial charge in [0.25, 0.3) is 0 Å². The summed E-state index contributed by atoms with van der Waals surface area (Å²) in [4.78, 5) is 15.5. The van der Waals surface area contributed by atoms with Crippen molar-refractivity contribution < 1.29 is 30.0 Å². The van der Waals surface area contributed by atoms with Crippen LogP contribution in [-0.2, 0) is 31.3 Å². The van der Waals surface area contributed by atoms with Crippen LogP contribution >= 0.6 is 11.3 Å². The van der Waals surface area contributed by atoms with Gasteiger partial charge in [0, 0.05) is 38.1 Å². The summed E-state index contributed by atoms with van der Waals surface area (Å²) in [6.07, 6.45) is 5.81. The average Bonchev–Trinajstić information content (AvgIpc) is 2.99. The molecule has 0 amide bonds. The van der Waals surface area contributed by atoms with Crippen molar-refractivity contribution in [2.24, 2.45) is 0 Å². The number of hydrogen-bond donors (Lipinski definition) is 1. The minimum atomic E-state index is -0.125. The van der Waals surface area contributed by atoms with E-state index in [0.717, 1.165) is 22.4 Å². The van der Waals surface area contributed by atoms with Crippen molar-refractivity contribution in [2.75, 3.05) is 0 Å². The number of carbonyl (C=O) groups excluding carboxylic acids is 1. The van der Waals surface area contributed by atoms with Gasteiger partial charge in [0.2, 0.25) is 0 Å². The molecule has 1 radical (unpaired) electrons. The molecule has 0 aliphatic heterocycles. The summed E-state index contributed by atoms with van der Waals surface area (Å²) in [6, 6.07) is 15.8. The fourth-order valence-electron chi connectivity index (χ4n) is 2.22. The van der Waals surface area contributed by atoms with Gasteiger partial charge in [-0.15, -0.1) is 30.2 Å². The smallest absolute Gasteiger partial charge is 0.155 e. The Morgan fingerprint density at radius 2 is 2.04 bits per heavy atom. The molecular formula is C21H20IrNO2S-. The number of fused-ring (bicyclic) bond motifs is 1. The third-order valence-corrected chi connectivity index (χ3v) is 4.29. The second-order valence-corrected chi connectivity index (χ2v) is 6.54. The van der Waals surface area contributed by atoms with E-state index in [4.69, 9.17) is 5.11 Å². The van der Waals surface area contributed by atoms with Gasteiger partial charge in [-0.25, -0.2) is 11.3 Å². The number of carbonyl (C=O) groups is 1. The average molecular weight is 543 g/mol. The number of allylic oxidation sites excluding steroid dienone is 3. The topological polar surface area (TPSA) is 50.2 Å². The second kappa shape index (κ2) is 10.8. The maximum atomic E-state index is 10.0. The Kier molecular flexibility index (Phi) is 9.14. The van der Waals surface area contributed by atoms with Crippen molar-refractivity contribution in [3.63, 3.8) is 0 Å². The minimum Gasteiger partial charge on any atom is -0.512 e. The molecule has 0 saturated carbocycles. The molecule has 3 nitrogen and oxygen atoms in total. The molecule has 0 aliphatic rings. The standard InChI is InChI=1S/C16H12NS.C5H8O2.Ir/c1-2-5-12-8-9-17-14(10-12)16-11-13-6-3-4-7-15(13)18-16;1-4(6)3-5(2)7;/h2-4,6-10H,1,5H2;3,6H,1-2H3;/q-1;;/b;4-3-;. The Labute approximate surface area is 171 Å². The third kappa shape index (κ3) is 6.68. The van der Waals surface area contributed by atoms with E-state index in [2.05, 4.69) is 41.9 Å². The van der Waals surface area contributed by atoms with Crippen LogP contribution in [0.5, 0.6) is 0 Å². The van der Waals surface area contributed by atoms with Crippen molar-refractivity contribution in [1.82, 2.24) is 4.98 Å². The van der Waals surface area contributed by atoms with Gasteiger partial charge in [0.1, 0.15) is 0 Å². The predicted molar refractivity (Wildman–Crippen MR) is 105 cm³/mol. The van der Waals surface area contributed by atoms with Gasteiger partial charge in [-0.3, -0.25) is 4.79 Å². The number of thiophene rings is 1. The van der Waals surface area contributed by atoms with Gasteiger partial charge in [-0.2, -0.15) is 0 Å². The maximum Gasteiger partial charge on any atom is 0.155 e. The van der Waals surface area contributed by atoms with Crippen LogP contribution in [0.1, 0.15) is 19.4 Å². The van der Waals surface area contributed by atoms with Gasteiger partial charge in [0.05, 0.1) is 5.76 Å². The number of benzene rings is 1. The van der Waals surface area contributed by atoms with Gasteiger partial charge in [-0.05, 0) is 41.5 Å². The monoisotopic (exact) mass is 543 g/mol. The van der Waals surface area contributed by atoms with Gasteiger partial charge >= 0.3 is 0 Å². The van der Waals surface area contributed by atoms with Crippen molar-refractivity contribution in [1.29, 1.82) is 0 Å². The second-order valence-electron chi connectivity index (χ2n) is 5.49. The molecule has 0 fully saturated rings. The first-order chi connectivity index (χ1) is 12.0. The fraction of sp³-hybridized carbons (Fsp3) is 0.143. The SMILES string of the molecule is C=CCc1ccnc(-c2[c-]c3ccccc3s2)c1.CC(=O)/C=C(/C)O.[Ir]. The number of nitrogens with zero attached hydrogens (tertiary/aromatic N) is 1. The Balaban J connectivity index is 0.000000366. The molecule has 0 aliphatic carbocycles. The van der Waals surface area contributed by atoms with E-state index in [9.17, 15) is 4.79 Å². The zero-order chi connectivity index (χ0) is 18.2. The number of rotatable bonds is 4. The Morgan fingerprint density at radius 3 is 2.62 bits per heavy atom. The molecule has 0 atom stereocenters. The summed E-state index contributed by atoms with van der Waals surface area (Å²) in [6.45, 7) is 6.62. The fourth-order valence-corrected chi connectivity index (χ4v) is 3.19. The van der Waals surface area contributed by atoms with Gasteiger partial charge in [0.15, 0.2) is 5.78 Å². The van der Waals surface area contributed by atoms with Crippen LogP contribution < -0.4 is 0 Å². The van der Waals surface area contributed by atoms with E-state index < -0.39 is 0 Å². The quantitative estimate of drug-likeness (QED) is 0.204. The van der Waals surface area contributed by atoms with Crippen LogP contribution in [0.3, 0.4) is 0 Å². The van der Waals surface area contributed by atoms with Crippen LogP contribution in [0.25, 0.3) is 20.7 Å². The summed E-state index contributed by atoms with van der Waals surface area (Å²) in [5.41, 5.74) is 2.23. The minimum absolute atomic E-state index is 0. The first-order valence-corrected chi connectivity index (χ1v) is 8.66. The zero-order valence-corrected chi connectivity index (χ0v) is 17.9. The maximum absolute atomic E-state index is 10.0. The molecule has 2 aromatic heterocycles. The Morgan fingerprint density at radius 1 is 1.31 bits per heavy atom. The number of aliphatic hydroxyl groups is 1.